The maximum absolute atomic E-state index is 13.0. The molecule has 1 fully saturated rings. The smallest absolute Gasteiger partial charge is 0.304 e. The van der Waals surface area contributed by atoms with E-state index in [1.807, 2.05) is 43.3 Å². The van der Waals surface area contributed by atoms with Gasteiger partial charge >= 0.3 is 5.91 Å². The summed E-state index contributed by atoms with van der Waals surface area (Å²) in [6.07, 6.45) is 1.80. The number of aryl methyl sites for hydroxylation is 1. The monoisotopic (exact) mass is 478 g/mol. The van der Waals surface area contributed by atoms with Gasteiger partial charge in [-0.05, 0) is 49.4 Å². The van der Waals surface area contributed by atoms with Crippen LogP contribution in [0.2, 0.25) is 5.02 Å². The Balaban J connectivity index is 1.71. The van der Waals surface area contributed by atoms with Crippen molar-refractivity contribution in [2.24, 2.45) is 0 Å². The summed E-state index contributed by atoms with van der Waals surface area (Å²) in [5.74, 6) is 0.501. The predicted octanol–water partition coefficient (Wildman–Crippen LogP) is 3.68. The van der Waals surface area contributed by atoms with Crippen LogP contribution in [0.5, 0.6) is 11.5 Å². The molecule has 7 nitrogen and oxygen atoms in total. The van der Waals surface area contributed by atoms with Crippen molar-refractivity contribution in [2.45, 2.75) is 19.0 Å². The number of carbonyl (C=O) groups excluding carboxylic acids is 2. The summed E-state index contributed by atoms with van der Waals surface area (Å²) in [4.78, 5) is 25.9. The Kier molecular flexibility index (Phi) is 6.84. The number of rotatable bonds is 6. The first-order valence-corrected chi connectivity index (χ1v) is 11.1. The molecule has 3 aromatic rings. The molecule has 0 spiro atoms. The Labute approximate surface area is 202 Å². The number of methoxy groups -OCH3 is 2. The molecule has 1 aliphatic rings. The molecule has 0 aromatic heterocycles. The number of hydrogen-bond donors (Lipinski definition) is 2. The molecule has 2 N–H and O–H groups in total. The molecule has 1 saturated heterocycles. The van der Waals surface area contributed by atoms with Crippen LogP contribution in [0.4, 0.5) is 0 Å². The standard InChI is InChI=1S/C26H24ClN3O4/c1-16-4-7-18(8-5-16)24-23(28-25(31)19-9-11-20(27)12-10-19)26(32)29-30(24)15-17-6-13-21(33-2)22(14-17)34-3/h4-15,23-24H,1-3H3,(H-,28,29,31,32)/p+1/b30-15-/t23-,24-/m0/s1. The maximum atomic E-state index is 13.0. The summed E-state index contributed by atoms with van der Waals surface area (Å²) < 4.78 is 12.4. The molecule has 2 atom stereocenters. The van der Waals surface area contributed by atoms with Crippen LogP contribution in [0.1, 0.15) is 33.1 Å². The zero-order chi connectivity index (χ0) is 24.2. The van der Waals surface area contributed by atoms with E-state index in [4.69, 9.17) is 21.1 Å². The molecule has 34 heavy (non-hydrogen) atoms. The van der Waals surface area contributed by atoms with Gasteiger partial charge in [-0.1, -0.05) is 41.4 Å². The van der Waals surface area contributed by atoms with Crippen LogP contribution in [-0.2, 0) is 4.79 Å². The second-order valence-electron chi connectivity index (χ2n) is 7.94. The van der Waals surface area contributed by atoms with Crippen molar-refractivity contribution in [3.8, 4) is 11.5 Å². The molecule has 4 rings (SSSR count). The Morgan fingerprint density at radius 1 is 1.00 bits per heavy atom. The highest BCUT2D eigenvalue weighted by Crippen LogP contribution is 2.29. The fourth-order valence-electron chi connectivity index (χ4n) is 3.86. The van der Waals surface area contributed by atoms with Crippen molar-refractivity contribution in [2.75, 3.05) is 14.2 Å². The summed E-state index contributed by atoms with van der Waals surface area (Å²) in [6.45, 7) is 2.00. The van der Waals surface area contributed by atoms with Crippen molar-refractivity contribution in [1.82, 2.24) is 10.7 Å². The highest BCUT2D eigenvalue weighted by atomic mass is 35.5. The first kappa shape index (κ1) is 23.3. The third kappa shape index (κ3) is 4.89. The summed E-state index contributed by atoms with van der Waals surface area (Å²) in [6, 6.07) is 18.6. The van der Waals surface area contributed by atoms with E-state index < -0.39 is 12.1 Å². The number of hydrazone groups is 1. The lowest BCUT2D eigenvalue weighted by Gasteiger charge is -2.15. The van der Waals surface area contributed by atoms with E-state index in [1.165, 1.54) is 0 Å². The first-order valence-electron chi connectivity index (χ1n) is 10.7. The van der Waals surface area contributed by atoms with Crippen molar-refractivity contribution in [1.29, 1.82) is 0 Å². The molecule has 0 bridgehead atoms. The summed E-state index contributed by atoms with van der Waals surface area (Å²) in [7, 11) is 3.14. The number of amides is 2. The van der Waals surface area contributed by atoms with E-state index in [9.17, 15) is 9.59 Å². The lowest BCUT2D eigenvalue weighted by molar-refractivity contribution is -0.596. The molecule has 1 heterocycles. The molecule has 8 heteroatoms. The van der Waals surface area contributed by atoms with Crippen molar-refractivity contribution >= 4 is 29.6 Å². The number of nitrogens with one attached hydrogen (secondary N) is 2. The van der Waals surface area contributed by atoms with Gasteiger partial charge in [0, 0.05) is 21.7 Å². The van der Waals surface area contributed by atoms with Gasteiger partial charge in [-0.2, -0.15) is 0 Å². The number of benzene rings is 3. The summed E-state index contributed by atoms with van der Waals surface area (Å²) in [5.41, 5.74) is 6.06. The SMILES string of the molecule is COc1ccc(/C=[N+]2\NC(=O)[C@@H](NC(=O)c3ccc(Cl)cc3)[C@@H]2c2ccc(C)cc2)cc1OC. The third-order valence-electron chi connectivity index (χ3n) is 5.64. The van der Waals surface area contributed by atoms with Gasteiger partial charge in [-0.3, -0.25) is 9.59 Å². The number of hydrogen-bond acceptors (Lipinski definition) is 4. The average Bonchev–Trinajstić information content (AvgIpc) is 3.14. The van der Waals surface area contributed by atoms with E-state index in [0.29, 0.717) is 22.1 Å². The third-order valence-corrected chi connectivity index (χ3v) is 5.90. The number of carbonyl (C=O) groups is 2. The number of hydrazine groups is 1. The Morgan fingerprint density at radius 3 is 2.32 bits per heavy atom. The van der Waals surface area contributed by atoms with Crippen LogP contribution in [0.15, 0.2) is 66.7 Å². The Morgan fingerprint density at radius 2 is 1.68 bits per heavy atom. The molecule has 0 unspecified atom stereocenters. The predicted molar refractivity (Wildman–Crippen MR) is 130 cm³/mol. The molecule has 3 aromatic carbocycles. The van der Waals surface area contributed by atoms with Gasteiger partial charge < -0.3 is 14.8 Å². The second kappa shape index (κ2) is 9.97. The minimum Gasteiger partial charge on any atom is -0.493 e. The van der Waals surface area contributed by atoms with Crippen LogP contribution in [0.3, 0.4) is 0 Å². The molecule has 2 amide bonds. The average molecular weight is 479 g/mol. The van der Waals surface area contributed by atoms with Crippen LogP contribution in [-0.4, -0.2) is 43.0 Å². The van der Waals surface area contributed by atoms with Gasteiger partial charge in [-0.25, -0.2) is 0 Å². The molecular formula is C26H25ClN3O4+. The van der Waals surface area contributed by atoms with Gasteiger partial charge in [0.25, 0.3) is 5.91 Å². The van der Waals surface area contributed by atoms with Crippen LogP contribution in [0.25, 0.3) is 0 Å². The quantitative estimate of drug-likeness (QED) is 0.530. The minimum absolute atomic E-state index is 0.315. The molecule has 174 valence electrons. The maximum Gasteiger partial charge on any atom is 0.304 e. The number of nitrogens with zero attached hydrogens (tertiary/aromatic N) is 1. The number of halogens is 1. The Hall–Kier alpha value is -3.84. The molecular weight excluding hydrogens is 454 g/mol. The fraction of sp³-hybridized carbons (Fsp3) is 0.192. The summed E-state index contributed by atoms with van der Waals surface area (Å²) >= 11 is 5.94. The van der Waals surface area contributed by atoms with Gasteiger partial charge in [-0.15, -0.1) is 10.1 Å². The first-order chi connectivity index (χ1) is 16.4. The molecule has 0 aliphatic carbocycles. The van der Waals surface area contributed by atoms with Crippen LogP contribution >= 0.6 is 11.6 Å². The largest absolute Gasteiger partial charge is 0.493 e. The second-order valence-corrected chi connectivity index (χ2v) is 8.38. The Bertz CT molecular complexity index is 1240. The zero-order valence-corrected chi connectivity index (χ0v) is 19.8. The lowest BCUT2D eigenvalue weighted by atomic mass is 9.98. The van der Waals surface area contributed by atoms with Crippen molar-refractivity contribution in [3.05, 3.63) is 94.0 Å². The van der Waals surface area contributed by atoms with Crippen LogP contribution < -0.4 is 20.2 Å². The topological polar surface area (TPSA) is 79.7 Å². The van der Waals surface area contributed by atoms with E-state index in [1.54, 1.807) is 55.5 Å². The highest BCUT2D eigenvalue weighted by molar-refractivity contribution is 6.30. The van der Waals surface area contributed by atoms with Gasteiger partial charge in [0.15, 0.2) is 17.5 Å². The minimum atomic E-state index is -0.817. The lowest BCUT2D eigenvalue weighted by Crippen LogP contribution is -2.42. The fourth-order valence-corrected chi connectivity index (χ4v) is 3.99. The van der Waals surface area contributed by atoms with Gasteiger partial charge in [0.2, 0.25) is 12.3 Å². The molecule has 0 radical (unpaired) electrons. The van der Waals surface area contributed by atoms with Crippen molar-refractivity contribution in [3.63, 3.8) is 0 Å². The number of ether oxygens (including phenoxy) is 2. The van der Waals surface area contributed by atoms with Gasteiger partial charge in [0.05, 0.1) is 14.2 Å². The summed E-state index contributed by atoms with van der Waals surface area (Å²) in [5, 5.41) is 3.41. The van der Waals surface area contributed by atoms with Crippen LogP contribution in [0, 0.1) is 6.92 Å². The zero-order valence-electron chi connectivity index (χ0n) is 19.0. The molecule has 0 saturated carbocycles. The van der Waals surface area contributed by atoms with Gasteiger partial charge in [0.1, 0.15) is 0 Å². The normalized spacial score (nSPS) is 18.5. The van der Waals surface area contributed by atoms with E-state index >= 15 is 0 Å². The molecule has 1 aliphatic heterocycles. The van der Waals surface area contributed by atoms with E-state index in [0.717, 1.165) is 16.7 Å². The van der Waals surface area contributed by atoms with E-state index in [-0.39, 0.29) is 11.8 Å². The van der Waals surface area contributed by atoms with E-state index in [2.05, 4.69) is 10.7 Å². The van der Waals surface area contributed by atoms with Crippen molar-refractivity contribution < 1.29 is 23.7 Å². The highest BCUT2D eigenvalue weighted by Gasteiger charge is 2.47.